The van der Waals surface area contributed by atoms with E-state index in [9.17, 15) is 14.7 Å². The summed E-state index contributed by atoms with van der Waals surface area (Å²) in [5, 5.41) is 22.6. The smallest absolute Gasteiger partial charge is 0.303 e. The SMILES string of the molecule is CC(C)(CC(=O)O)CC(=O)NC[C@]1(O)CCN(c2ccnc3cccnc23)C1. The van der Waals surface area contributed by atoms with Gasteiger partial charge >= 0.3 is 5.97 Å². The average molecular weight is 386 g/mol. The molecule has 2 aromatic heterocycles. The number of β-amino-alcohol motifs (C(OH)–C–C–N with tert-alkyl or cyclic N) is 1. The molecule has 150 valence electrons. The van der Waals surface area contributed by atoms with Crippen LogP contribution in [0.3, 0.4) is 0 Å². The van der Waals surface area contributed by atoms with Crippen molar-refractivity contribution < 1.29 is 19.8 Å². The number of carbonyl (C=O) groups excluding carboxylic acids is 1. The van der Waals surface area contributed by atoms with Gasteiger partial charge in [0, 0.05) is 38.4 Å². The summed E-state index contributed by atoms with van der Waals surface area (Å²) < 4.78 is 0. The third kappa shape index (κ3) is 4.75. The predicted octanol–water partition coefficient (Wildman–Crippen LogP) is 1.58. The Morgan fingerprint density at radius 1 is 1.25 bits per heavy atom. The summed E-state index contributed by atoms with van der Waals surface area (Å²) in [4.78, 5) is 33.9. The molecule has 28 heavy (non-hydrogen) atoms. The van der Waals surface area contributed by atoms with Gasteiger partial charge in [0.2, 0.25) is 5.91 Å². The van der Waals surface area contributed by atoms with Crippen molar-refractivity contribution in [3.8, 4) is 0 Å². The number of carboxylic acid groups (broad SMARTS) is 1. The molecule has 0 saturated carbocycles. The van der Waals surface area contributed by atoms with Crippen molar-refractivity contribution in [2.24, 2.45) is 5.41 Å². The van der Waals surface area contributed by atoms with Crippen LogP contribution in [0.4, 0.5) is 5.69 Å². The third-order valence-corrected chi connectivity index (χ3v) is 5.03. The van der Waals surface area contributed by atoms with E-state index < -0.39 is 17.0 Å². The number of hydrogen-bond acceptors (Lipinski definition) is 6. The molecule has 3 heterocycles. The summed E-state index contributed by atoms with van der Waals surface area (Å²) in [6.07, 6.45) is 3.97. The van der Waals surface area contributed by atoms with Gasteiger partial charge in [-0.3, -0.25) is 19.6 Å². The molecule has 2 aromatic rings. The third-order valence-electron chi connectivity index (χ3n) is 5.03. The molecule has 1 aliphatic rings. The Morgan fingerprint density at radius 3 is 2.79 bits per heavy atom. The number of aromatic nitrogens is 2. The van der Waals surface area contributed by atoms with E-state index in [0.717, 1.165) is 16.7 Å². The molecule has 1 saturated heterocycles. The number of hydrogen-bond donors (Lipinski definition) is 3. The van der Waals surface area contributed by atoms with Crippen molar-refractivity contribution in [3.63, 3.8) is 0 Å². The fourth-order valence-electron chi connectivity index (χ4n) is 3.66. The van der Waals surface area contributed by atoms with Crippen molar-refractivity contribution >= 4 is 28.6 Å². The Bertz CT molecular complexity index is 880. The maximum atomic E-state index is 12.2. The van der Waals surface area contributed by atoms with Crippen molar-refractivity contribution in [1.29, 1.82) is 0 Å². The first-order valence-corrected chi connectivity index (χ1v) is 9.33. The second-order valence-corrected chi connectivity index (χ2v) is 8.29. The van der Waals surface area contributed by atoms with E-state index in [-0.39, 0.29) is 25.3 Å². The van der Waals surface area contributed by atoms with Crippen LogP contribution in [-0.2, 0) is 9.59 Å². The second-order valence-electron chi connectivity index (χ2n) is 8.29. The zero-order valence-electron chi connectivity index (χ0n) is 16.2. The first kappa shape index (κ1) is 20.0. The molecule has 0 spiro atoms. The number of anilines is 1. The molecule has 3 N–H and O–H groups in total. The van der Waals surface area contributed by atoms with Gasteiger partial charge in [-0.25, -0.2) is 0 Å². The summed E-state index contributed by atoms with van der Waals surface area (Å²) in [5.74, 6) is -1.18. The molecule has 8 heteroatoms. The lowest BCUT2D eigenvalue weighted by Crippen LogP contribution is -2.45. The van der Waals surface area contributed by atoms with Crippen molar-refractivity contribution in [1.82, 2.24) is 15.3 Å². The van der Waals surface area contributed by atoms with E-state index in [1.54, 1.807) is 26.2 Å². The van der Waals surface area contributed by atoms with Crippen molar-refractivity contribution in [2.75, 3.05) is 24.5 Å². The summed E-state index contributed by atoms with van der Waals surface area (Å²) in [7, 11) is 0. The molecule has 8 nitrogen and oxygen atoms in total. The molecule has 1 aliphatic heterocycles. The zero-order valence-corrected chi connectivity index (χ0v) is 16.2. The van der Waals surface area contributed by atoms with Gasteiger partial charge in [0.1, 0.15) is 11.1 Å². The van der Waals surface area contributed by atoms with E-state index in [4.69, 9.17) is 5.11 Å². The van der Waals surface area contributed by atoms with Crippen LogP contribution in [-0.4, -0.2) is 57.3 Å². The van der Waals surface area contributed by atoms with Crippen LogP contribution < -0.4 is 10.2 Å². The van der Waals surface area contributed by atoms with Crippen molar-refractivity contribution in [2.45, 2.75) is 38.7 Å². The maximum Gasteiger partial charge on any atom is 0.303 e. The Morgan fingerprint density at radius 2 is 2.04 bits per heavy atom. The lowest BCUT2D eigenvalue weighted by molar-refractivity contribution is -0.139. The summed E-state index contributed by atoms with van der Waals surface area (Å²) in [6, 6.07) is 5.61. The molecule has 0 bridgehead atoms. The monoisotopic (exact) mass is 386 g/mol. The Balaban J connectivity index is 1.61. The molecular weight excluding hydrogens is 360 g/mol. The van der Waals surface area contributed by atoms with Gasteiger partial charge in [-0.1, -0.05) is 13.8 Å². The Kier molecular flexibility index (Phi) is 5.51. The van der Waals surface area contributed by atoms with Crippen LogP contribution in [0.2, 0.25) is 0 Å². The van der Waals surface area contributed by atoms with Gasteiger partial charge in [-0.05, 0) is 30.0 Å². The Hall–Kier alpha value is -2.74. The minimum Gasteiger partial charge on any atom is -0.481 e. The lowest BCUT2D eigenvalue weighted by atomic mass is 9.85. The number of carbonyl (C=O) groups is 2. The van der Waals surface area contributed by atoms with E-state index in [1.807, 2.05) is 18.2 Å². The highest BCUT2D eigenvalue weighted by Gasteiger charge is 2.37. The number of fused-ring (bicyclic) bond motifs is 1. The summed E-state index contributed by atoms with van der Waals surface area (Å²) in [6.45, 7) is 4.64. The number of aliphatic hydroxyl groups is 1. The zero-order chi connectivity index (χ0) is 20.4. The topological polar surface area (TPSA) is 116 Å². The second kappa shape index (κ2) is 7.71. The van der Waals surface area contributed by atoms with Gasteiger partial charge in [0.25, 0.3) is 0 Å². The van der Waals surface area contributed by atoms with E-state index in [1.165, 1.54) is 0 Å². The number of aliphatic carboxylic acids is 1. The summed E-state index contributed by atoms with van der Waals surface area (Å²) >= 11 is 0. The predicted molar refractivity (Wildman–Crippen MR) is 105 cm³/mol. The largest absolute Gasteiger partial charge is 0.481 e. The first-order valence-electron chi connectivity index (χ1n) is 9.33. The number of rotatable bonds is 7. The maximum absolute atomic E-state index is 12.2. The highest BCUT2D eigenvalue weighted by atomic mass is 16.4. The van der Waals surface area contributed by atoms with Gasteiger partial charge in [0.05, 0.1) is 17.6 Å². The van der Waals surface area contributed by atoms with Crippen LogP contribution in [0.1, 0.15) is 33.1 Å². The lowest BCUT2D eigenvalue weighted by Gasteiger charge is -2.26. The Labute approximate surface area is 163 Å². The van der Waals surface area contributed by atoms with Crippen LogP contribution in [0.15, 0.2) is 30.6 Å². The normalized spacial score (nSPS) is 19.8. The molecular formula is C20H26N4O4. The van der Waals surface area contributed by atoms with Crippen LogP contribution in [0, 0.1) is 5.41 Å². The molecule has 1 amide bonds. The quantitative estimate of drug-likeness (QED) is 0.661. The number of pyridine rings is 2. The van der Waals surface area contributed by atoms with E-state index in [2.05, 4.69) is 20.2 Å². The highest BCUT2D eigenvalue weighted by Crippen LogP contribution is 2.30. The van der Waals surface area contributed by atoms with Gasteiger partial charge in [0.15, 0.2) is 0 Å². The van der Waals surface area contributed by atoms with E-state index in [0.29, 0.717) is 19.5 Å². The molecule has 0 unspecified atom stereocenters. The standard InChI is InChI=1S/C20H26N4O4/c1-19(2,11-17(26)27)10-16(25)23-12-20(28)6-9-24(13-20)15-5-8-21-14-4-3-7-22-18(14)15/h3-5,7-8,28H,6,9-13H2,1-2H3,(H,23,25)(H,26,27)/t20-/m1/s1. The minimum absolute atomic E-state index is 0.0828. The van der Waals surface area contributed by atoms with Gasteiger partial charge in [-0.15, -0.1) is 0 Å². The van der Waals surface area contributed by atoms with Gasteiger partial charge in [-0.2, -0.15) is 0 Å². The van der Waals surface area contributed by atoms with Crippen molar-refractivity contribution in [3.05, 3.63) is 30.6 Å². The fraction of sp³-hybridized carbons (Fsp3) is 0.500. The number of carboxylic acids is 1. The van der Waals surface area contributed by atoms with Gasteiger partial charge < -0.3 is 20.4 Å². The number of nitrogens with zero attached hydrogens (tertiary/aromatic N) is 3. The minimum atomic E-state index is -1.04. The highest BCUT2D eigenvalue weighted by molar-refractivity contribution is 5.87. The first-order chi connectivity index (χ1) is 13.2. The molecule has 3 rings (SSSR count). The fourth-order valence-corrected chi connectivity index (χ4v) is 3.66. The average Bonchev–Trinajstić information content (AvgIpc) is 3.00. The molecule has 0 aliphatic carbocycles. The number of nitrogens with one attached hydrogen (secondary N) is 1. The van der Waals surface area contributed by atoms with Crippen LogP contribution in [0.5, 0.6) is 0 Å². The molecule has 1 fully saturated rings. The van der Waals surface area contributed by atoms with Crippen LogP contribution in [0.25, 0.3) is 11.0 Å². The molecule has 1 atom stereocenters. The summed E-state index contributed by atoms with van der Waals surface area (Å²) in [5.41, 5.74) is 0.812. The molecule has 0 aromatic carbocycles. The van der Waals surface area contributed by atoms with Crippen LogP contribution >= 0.6 is 0 Å². The molecule has 0 radical (unpaired) electrons. The van der Waals surface area contributed by atoms with E-state index >= 15 is 0 Å². The number of amides is 1.